The first kappa shape index (κ1) is 8.71. The molecule has 0 aliphatic carbocycles. The molecule has 1 aromatic rings. The number of rotatable bonds is 3. The summed E-state index contributed by atoms with van der Waals surface area (Å²) in [5.41, 5.74) is 0.559. The SMILES string of the molecule is CCOC=Cc1cccc(F)n1. The molecule has 0 radical (unpaired) electrons. The maximum Gasteiger partial charge on any atom is 0.213 e. The summed E-state index contributed by atoms with van der Waals surface area (Å²) in [6.07, 6.45) is 3.12. The van der Waals surface area contributed by atoms with Crippen LogP contribution in [0.3, 0.4) is 0 Å². The molecule has 0 saturated carbocycles. The van der Waals surface area contributed by atoms with Gasteiger partial charge in [-0.05, 0) is 25.1 Å². The van der Waals surface area contributed by atoms with E-state index in [0.717, 1.165) is 0 Å². The Kier molecular flexibility index (Phi) is 3.26. The van der Waals surface area contributed by atoms with Crippen LogP contribution >= 0.6 is 0 Å². The summed E-state index contributed by atoms with van der Waals surface area (Å²) < 4.78 is 17.4. The predicted octanol–water partition coefficient (Wildman–Crippen LogP) is 2.23. The van der Waals surface area contributed by atoms with Crippen molar-refractivity contribution in [2.24, 2.45) is 0 Å². The van der Waals surface area contributed by atoms with Crippen molar-refractivity contribution in [2.75, 3.05) is 6.61 Å². The Morgan fingerprint density at radius 3 is 3.08 bits per heavy atom. The molecule has 3 heteroatoms. The van der Waals surface area contributed by atoms with Crippen LogP contribution in [0.15, 0.2) is 24.5 Å². The molecule has 2 nitrogen and oxygen atoms in total. The zero-order chi connectivity index (χ0) is 8.81. The summed E-state index contributed by atoms with van der Waals surface area (Å²) >= 11 is 0. The molecule has 0 spiro atoms. The van der Waals surface area contributed by atoms with Crippen molar-refractivity contribution in [1.82, 2.24) is 4.98 Å². The van der Waals surface area contributed by atoms with Crippen LogP contribution in [0.2, 0.25) is 0 Å². The van der Waals surface area contributed by atoms with Crippen molar-refractivity contribution in [1.29, 1.82) is 0 Å². The molecule has 1 aromatic heterocycles. The zero-order valence-electron chi connectivity index (χ0n) is 6.83. The van der Waals surface area contributed by atoms with Gasteiger partial charge in [-0.2, -0.15) is 4.39 Å². The van der Waals surface area contributed by atoms with E-state index in [0.29, 0.717) is 12.3 Å². The molecule has 0 saturated heterocycles. The zero-order valence-corrected chi connectivity index (χ0v) is 6.83. The first-order chi connectivity index (χ1) is 5.83. The molecule has 1 heterocycles. The molecule has 0 atom stereocenters. The fraction of sp³-hybridized carbons (Fsp3) is 0.222. The Labute approximate surface area is 70.7 Å². The molecule has 0 aliphatic rings. The predicted molar refractivity (Wildman–Crippen MR) is 44.9 cm³/mol. The van der Waals surface area contributed by atoms with E-state index < -0.39 is 5.95 Å². The molecule has 12 heavy (non-hydrogen) atoms. The highest BCUT2D eigenvalue weighted by molar-refractivity contribution is 5.42. The minimum Gasteiger partial charge on any atom is -0.501 e. The Morgan fingerprint density at radius 1 is 1.58 bits per heavy atom. The Morgan fingerprint density at radius 2 is 2.42 bits per heavy atom. The van der Waals surface area contributed by atoms with Crippen molar-refractivity contribution in [3.05, 3.63) is 36.1 Å². The molecule has 0 unspecified atom stereocenters. The second-order valence-corrected chi connectivity index (χ2v) is 2.14. The van der Waals surface area contributed by atoms with Crippen molar-refractivity contribution < 1.29 is 9.13 Å². The second kappa shape index (κ2) is 4.49. The van der Waals surface area contributed by atoms with Gasteiger partial charge >= 0.3 is 0 Å². The third kappa shape index (κ3) is 2.70. The number of aromatic nitrogens is 1. The van der Waals surface area contributed by atoms with Crippen LogP contribution in [0.5, 0.6) is 0 Å². The van der Waals surface area contributed by atoms with Crippen LogP contribution in [0.4, 0.5) is 4.39 Å². The van der Waals surface area contributed by atoms with Gasteiger partial charge in [0.05, 0.1) is 18.6 Å². The van der Waals surface area contributed by atoms with E-state index in [1.165, 1.54) is 12.3 Å². The van der Waals surface area contributed by atoms with Gasteiger partial charge in [-0.1, -0.05) is 6.07 Å². The van der Waals surface area contributed by atoms with E-state index in [2.05, 4.69) is 4.98 Å². The molecule has 0 amide bonds. The lowest BCUT2D eigenvalue weighted by molar-refractivity contribution is 0.272. The standard InChI is InChI=1S/C9H10FNO/c1-2-12-7-6-8-4-3-5-9(10)11-8/h3-7H,2H2,1H3. The quantitative estimate of drug-likeness (QED) is 0.508. The van der Waals surface area contributed by atoms with Crippen molar-refractivity contribution in [2.45, 2.75) is 6.92 Å². The van der Waals surface area contributed by atoms with Gasteiger partial charge in [-0.3, -0.25) is 0 Å². The van der Waals surface area contributed by atoms with Crippen LogP contribution in [-0.2, 0) is 4.74 Å². The largest absolute Gasteiger partial charge is 0.501 e. The van der Waals surface area contributed by atoms with Gasteiger partial charge in [0.1, 0.15) is 0 Å². The molecular formula is C9H10FNO. The van der Waals surface area contributed by atoms with Crippen LogP contribution < -0.4 is 0 Å². The number of hydrogen-bond acceptors (Lipinski definition) is 2. The third-order valence-electron chi connectivity index (χ3n) is 1.24. The highest BCUT2D eigenvalue weighted by atomic mass is 19.1. The summed E-state index contributed by atoms with van der Waals surface area (Å²) in [5.74, 6) is -0.478. The lowest BCUT2D eigenvalue weighted by Gasteiger charge is -1.93. The molecule has 64 valence electrons. The number of pyridine rings is 1. The minimum atomic E-state index is -0.478. The van der Waals surface area contributed by atoms with Crippen molar-refractivity contribution in [3.63, 3.8) is 0 Å². The number of hydrogen-bond donors (Lipinski definition) is 0. The molecule has 0 aliphatic heterocycles. The average Bonchev–Trinajstić information content (AvgIpc) is 2.05. The highest BCUT2D eigenvalue weighted by Gasteiger charge is 1.90. The summed E-state index contributed by atoms with van der Waals surface area (Å²) in [6.45, 7) is 2.48. The first-order valence-corrected chi connectivity index (χ1v) is 3.73. The van der Waals surface area contributed by atoms with Crippen molar-refractivity contribution >= 4 is 6.08 Å². The van der Waals surface area contributed by atoms with Gasteiger partial charge in [-0.25, -0.2) is 4.98 Å². The summed E-state index contributed by atoms with van der Waals surface area (Å²) in [5, 5.41) is 0. The number of nitrogens with zero attached hydrogens (tertiary/aromatic N) is 1. The average molecular weight is 167 g/mol. The Hall–Kier alpha value is -1.38. The van der Waals surface area contributed by atoms with Gasteiger partial charge in [0, 0.05) is 0 Å². The highest BCUT2D eigenvalue weighted by Crippen LogP contribution is 1.99. The van der Waals surface area contributed by atoms with Gasteiger partial charge in [0.25, 0.3) is 0 Å². The number of halogens is 1. The Balaban J connectivity index is 2.63. The topological polar surface area (TPSA) is 22.1 Å². The van der Waals surface area contributed by atoms with Crippen LogP contribution in [0.1, 0.15) is 12.6 Å². The Bertz CT molecular complexity index is 273. The van der Waals surface area contributed by atoms with E-state index in [1.807, 2.05) is 6.92 Å². The monoisotopic (exact) mass is 167 g/mol. The molecule has 0 N–H and O–H groups in total. The van der Waals surface area contributed by atoms with E-state index >= 15 is 0 Å². The molecule has 0 fully saturated rings. The van der Waals surface area contributed by atoms with E-state index in [4.69, 9.17) is 4.74 Å². The lowest BCUT2D eigenvalue weighted by Crippen LogP contribution is -1.85. The fourth-order valence-corrected chi connectivity index (χ4v) is 0.731. The summed E-state index contributed by atoms with van der Waals surface area (Å²) in [6, 6.07) is 4.62. The van der Waals surface area contributed by atoms with Gasteiger partial charge in [-0.15, -0.1) is 0 Å². The van der Waals surface area contributed by atoms with Gasteiger partial charge < -0.3 is 4.74 Å². The first-order valence-electron chi connectivity index (χ1n) is 3.73. The molecule has 1 rings (SSSR count). The maximum atomic E-state index is 12.5. The van der Waals surface area contributed by atoms with Crippen LogP contribution in [0, 0.1) is 5.95 Å². The fourth-order valence-electron chi connectivity index (χ4n) is 0.731. The van der Waals surface area contributed by atoms with Crippen molar-refractivity contribution in [3.8, 4) is 0 Å². The van der Waals surface area contributed by atoms with Gasteiger partial charge in [0.2, 0.25) is 5.95 Å². The van der Waals surface area contributed by atoms with Crippen LogP contribution in [-0.4, -0.2) is 11.6 Å². The normalized spacial score (nSPS) is 10.5. The second-order valence-electron chi connectivity index (χ2n) is 2.14. The molecular weight excluding hydrogens is 157 g/mol. The van der Waals surface area contributed by atoms with Gasteiger partial charge in [0.15, 0.2) is 0 Å². The van der Waals surface area contributed by atoms with E-state index in [1.54, 1.807) is 18.2 Å². The summed E-state index contributed by atoms with van der Waals surface area (Å²) in [7, 11) is 0. The molecule has 0 bridgehead atoms. The third-order valence-corrected chi connectivity index (χ3v) is 1.24. The van der Waals surface area contributed by atoms with Crippen LogP contribution in [0.25, 0.3) is 6.08 Å². The smallest absolute Gasteiger partial charge is 0.213 e. The number of ether oxygens (including phenoxy) is 1. The summed E-state index contributed by atoms with van der Waals surface area (Å²) in [4.78, 5) is 3.61. The minimum absolute atomic E-state index is 0.478. The van der Waals surface area contributed by atoms with E-state index in [-0.39, 0.29) is 0 Å². The lowest BCUT2D eigenvalue weighted by atomic mass is 10.3. The molecule has 0 aromatic carbocycles. The maximum absolute atomic E-state index is 12.5. The van der Waals surface area contributed by atoms with E-state index in [9.17, 15) is 4.39 Å².